The number of aromatic nitrogens is 3. The Balaban J connectivity index is 1.68. The van der Waals surface area contributed by atoms with Gasteiger partial charge in [-0.15, -0.1) is 0 Å². The standard InChI is InChI=1S/C15H12BrN5O2/c1-9-5-13(21-23-9)20-14(22)10-7-17-15(18-8-10)19-12-4-2-3-11(16)6-12/h2-8H,1H3,(H,17,18,19)(H,20,21,22). The number of hydrogen-bond acceptors (Lipinski definition) is 6. The minimum absolute atomic E-state index is 0.324. The number of aryl methyl sites for hydroxylation is 1. The lowest BCUT2D eigenvalue weighted by molar-refractivity contribution is 0.102. The van der Waals surface area contributed by atoms with E-state index in [-0.39, 0.29) is 5.91 Å². The SMILES string of the molecule is Cc1cc(NC(=O)c2cnc(Nc3cccc(Br)c3)nc2)no1. The number of nitrogens with one attached hydrogen (secondary N) is 2. The largest absolute Gasteiger partial charge is 0.360 e. The molecule has 2 aromatic heterocycles. The predicted molar refractivity (Wildman–Crippen MR) is 88.6 cm³/mol. The van der Waals surface area contributed by atoms with Crippen LogP contribution in [0.3, 0.4) is 0 Å². The third-order valence-corrected chi connectivity index (χ3v) is 3.36. The van der Waals surface area contributed by atoms with Crippen molar-refractivity contribution in [1.82, 2.24) is 15.1 Å². The Bertz CT molecular complexity index is 832. The maximum absolute atomic E-state index is 12.0. The highest BCUT2D eigenvalue weighted by molar-refractivity contribution is 9.10. The van der Waals surface area contributed by atoms with Crippen LogP contribution in [-0.2, 0) is 0 Å². The zero-order valence-corrected chi connectivity index (χ0v) is 13.7. The van der Waals surface area contributed by atoms with Gasteiger partial charge in [0, 0.05) is 28.6 Å². The van der Waals surface area contributed by atoms with Crippen molar-refractivity contribution in [3.63, 3.8) is 0 Å². The number of benzene rings is 1. The van der Waals surface area contributed by atoms with Crippen LogP contribution in [0.2, 0.25) is 0 Å². The van der Waals surface area contributed by atoms with Crippen molar-refractivity contribution in [2.24, 2.45) is 0 Å². The Morgan fingerprint density at radius 1 is 1.22 bits per heavy atom. The van der Waals surface area contributed by atoms with E-state index in [1.54, 1.807) is 13.0 Å². The molecule has 0 fully saturated rings. The third-order valence-electron chi connectivity index (χ3n) is 2.86. The Morgan fingerprint density at radius 2 is 2.00 bits per heavy atom. The lowest BCUT2D eigenvalue weighted by Gasteiger charge is -2.05. The van der Waals surface area contributed by atoms with Gasteiger partial charge in [-0.1, -0.05) is 27.2 Å². The number of halogens is 1. The molecule has 0 aliphatic carbocycles. The molecular formula is C15H12BrN5O2. The summed E-state index contributed by atoms with van der Waals surface area (Å²) >= 11 is 3.39. The third kappa shape index (κ3) is 3.92. The maximum Gasteiger partial charge on any atom is 0.260 e. The quantitative estimate of drug-likeness (QED) is 0.726. The summed E-state index contributed by atoms with van der Waals surface area (Å²) in [6.45, 7) is 1.74. The summed E-state index contributed by atoms with van der Waals surface area (Å²) < 4.78 is 5.83. The van der Waals surface area contributed by atoms with Crippen LogP contribution in [0.15, 0.2) is 51.7 Å². The molecule has 0 spiro atoms. The van der Waals surface area contributed by atoms with Crippen molar-refractivity contribution in [3.8, 4) is 0 Å². The first-order chi connectivity index (χ1) is 11.1. The van der Waals surface area contributed by atoms with E-state index in [1.165, 1.54) is 12.4 Å². The monoisotopic (exact) mass is 373 g/mol. The number of carbonyl (C=O) groups is 1. The summed E-state index contributed by atoms with van der Waals surface area (Å²) in [7, 11) is 0. The number of amides is 1. The van der Waals surface area contributed by atoms with Gasteiger partial charge in [0.05, 0.1) is 5.56 Å². The van der Waals surface area contributed by atoms with Crippen molar-refractivity contribution >= 4 is 39.3 Å². The van der Waals surface area contributed by atoms with Gasteiger partial charge in [0.1, 0.15) is 5.76 Å². The second kappa shape index (κ2) is 6.57. The molecule has 116 valence electrons. The van der Waals surface area contributed by atoms with Crippen LogP contribution in [0.25, 0.3) is 0 Å². The van der Waals surface area contributed by atoms with Crippen LogP contribution in [-0.4, -0.2) is 21.0 Å². The first kappa shape index (κ1) is 15.2. The summed E-state index contributed by atoms with van der Waals surface area (Å²) in [4.78, 5) is 20.3. The number of nitrogens with zero attached hydrogens (tertiary/aromatic N) is 3. The van der Waals surface area contributed by atoms with Gasteiger partial charge in [-0.3, -0.25) is 4.79 Å². The molecule has 0 aliphatic rings. The minimum Gasteiger partial charge on any atom is -0.360 e. The number of anilines is 3. The fourth-order valence-electron chi connectivity index (χ4n) is 1.82. The molecule has 2 heterocycles. The average Bonchev–Trinajstić information content (AvgIpc) is 2.93. The fraction of sp³-hybridized carbons (Fsp3) is 0.0667. The molecule has 3 rings (SSSR count). The summed E-state index contributed by atoms with van der Waals surface area (Å²) in [5.74, 6) is 1.01. The molecule has 0 radical (unpaired) electrons. The van der Waals surface area contributed by atoms with Gasteiger partial charge in [-0.05, 0) is 25.1 Å². The van der Waals surface area contributed by atoms with Crippen molar-refractivity contribution in [2.75, 3.05) is 10.6 Å². The summed E-state index contributed by atoms with van der Waals surface area (Å²) in [5.41, 5.74) is 1.17. The molecule has 2 N–H and O–H groups in total. The van der Waals surface area contributed by atoms with E-state index in [2.05, 4.69) is 41.7 Å². The van der Waals surface area contributed by atoms with Gasteiger partial charge in [0.15, 0.2) is 5.82 Å². The van der Waals surface area contributed by atoms with Crippen molar-refractivity contribution in [3.05, 3.63) is 58.5 Å². The zero-order valence-electron chi connectivity index (χ0n) is 12.1. The molecule has 8 heteroatoms. The molecule has 1 amide bonds. The number of carbonyl (C=O) groups excluding carboxylic acids is 1. The van der Waals surface area contributed by atoms with Gasteiger partial charge < -0.3 is 15.2 Å². The first-order valence-electron chi connectivity index (χ1n) is 6.69. The molecule has 0 aliphatic heterocycles. The van der Waals surface area contributed by atoms with E-state index < -0.39 is 0 Å². The van der Waals surface area contributed by atoms with Crippen LogP contribution in [0, 0.1) is 6.92 Å². The predicted octanol–water partition coefficient (Wildman–Crippen LogP) is 3.53. The average molecular weight is 374 g/mol. The minimum atomic E-state index is -0.354. The topological polar surface area (TPSA) is 92.9 Å². The Kier molecular flexibility index (Phi) is 4.33. The molecule has 23 heavy (non-hydrogen) atoms. The van der Waals surface area contributed by atoms with Crippen LogP contribution in [0.4, 0.5) is 17.5 Å². The van der Waals surface area contributed by atoms with Crippen molar-refractivity contribution in [2.45, 2.75) is 6.92 Å². The highest BCUT2D eigenvalue weighted by atomic mass is 79.9. The second-order valence-corrected chi connectivity index (χ2v) is 5.62. The maximum atomic E-state index is 12.0. The highest BCUT2D eigenvalue weighted by Gasteiger charge is 2.10. The van der Waals surface area contributed by atoms with Crippen LogP contribution >= 0.6 is 15.9 Å². The van der Waals surface area contributed by atoms with Gasteiger partial charge in [-0.2, -0.15) is 0 Å². The number of rotatable bonds is 4. The van der Waals surface area contributed by atoms with E-state index in [0.29, 0.717) is 23.1 Å². The van der Waals surface area contributed by atoms with Crippen molar-refractivity contribution in [1.29, 1.82) is 0 Å². The number of hydrogen-bond donors (Lipinski definition) is 2. The molecule has 0 saturated heterocycles. The van der Waals surface area contributed by atoms with Crippen molar-refractivity contribution < 1.29 is 9.32 Å². The van der Waals surface area contributed by atoms with Crippen LogP contribution in [0.1, 0.15) is 16.1 Å². The fourth-order valence-corrected chi connectivity index (χ4v) is 2.22. The Labute approximate surface area is 140 Å². The van der Waals surface area contributed by atoms with E-state index in [9.17, 15) is 4.79 Å². The first-order valence-corrected chi connectivity index (χ1v) is 7.49. The Hall–Kier alpha value is -2.74. The van der Waals surface area contributed by atoms with E-state index in [1.807, 2.05) is 24.3 Å². The van der Waals surface area contributed by atoms with Gasteiger partial charge in [-0.25, -0.2) is 9.97 Å². The normalized spacial score (nSPS) is 10.3. The molecule has 3 aromatic rings. The molecular weight excluding hydrogens is 362 g/mol. The lowest BCUT2D eigenvalue weighted by Crippen LogP contribution is -2.13. The molecule has 0 saturated carbocycles. The second-order valence-electron chi connectivity index (χ2n) is 4.71. The summed E-state index contributed by atoms with van der Waals surface area (Å²) in [5, 5.41) is 9.36. The highest BCUT2D eigenvalue weighted by Crippen LogP contribution is 2.18. The molecule has 0 bridgehead atoms. The van der Waals surface area contributed by atoms with E-state index in [0.717, 1.165) is 10.2 Å². The molecule has 7 nitrogen and oxygen atoms in total. The van der Waals surface area contributed by atoms with Gasteiger partial charge in [0.2, 0.25) is 5.95 Å². The van der Waals surface area contributed by atoms with Crippen LogP contribution in [0.5, 0.6) is 0 Å². The lowest BCUT2D eigenvalue weighted by atomic mass is 10.3. The van der Waals surface area contributed by atoms with Gasteiger partial charge >= 0.3 is 0 Å². The molecule has 1 aromatic carbocycles. The summed E-state index contributed by atoms with van der Waals surface area (Å²) in [6, 6.07) is 9.24. The van der Waals surface area contributed by atoms with E-state index in [4.69, 9.17) is 4.52 Å². The molecule has 0 unspecified atom stereocenters. The van der Waals surface area contributed by atoms with Crippen LogP contribution < -0.4 is 10.6 Å². The van der Waals surface area contributed by atoms with Gasteiger partial charge in [0.25, 0.3) is 5.91 Å². The smallest absolute Gasteiger partial charge is 0.260 e. The Morgan fingerprint density at radius 3 is 2.65 bits per heavy atom. The summed E-state index contributed by atoms with van der Waals surface area (Å²) in [6.07, 6.45) is 2.88. The molecule has 0 atom stereocenters. The van der Waals surface area contributed by atoms with E-state index >= 15 is 0 Å². The zero-order chi connectivity index (χ0) is 16.2.